The number of rotatable bonds is 8. The molecule has 0 aromatic heterocycles. The fourth-order valence-corrected chi connectivity index (χ4v) is 1.28. The lowest BCUT2D eigenvalue weighted by atomic mass is 10.3. The molecular weight excluding hydrogens is 222 g/mol. The summed E-state index contributed by atoms with van der Waals surface area (Å²) < 4.78 is 15.6. The summed E-state index contributed by atoms with van der Waals surface area (Å²) >= 11 is 0. The monoisotopic (exact) mass is 241 g/mol. The maximum Gasteiger partial charge on any atom is 0.146 e. The Bertz CT molecular complexity index is 330. The van der Waals surface area contributed by atoms with Gasteiger partial charge in [0.15, 0.2) is 0 Å². The van der Waals surface area contributed by atoms with E-state index in [1.54, 1.807) is 19.2 Å². The van der Waals surface area contributed by atoms with Gasteiger partial charge >= 0.3 is 0 Å². The predicted molar refractivity (Wildman–Crippen MR) is 65.3 cm³/mol. The predicted octanol–water partition coefficient (Wildman–Crippen LogP) is 1.41. The molecule has 0 saturated carbocycles. The molecule has 1 aromatic rings. The molecule has 17 heavy (non-hydrogen) atoms. The summed E-state index contributed by atoms with van der Waals surface area (Å²) in [7, 11) is 1.66. The molecule has 0 spiro atoms. The van der Waals surface area contributed by atoms with Crippen molar-refractivity contribution < 1.29 is 19.3 Å². The molecule has 5 nitrogen and oxygen atoms in total. The van der Waals surface area contributed by atoms with Gasteiger partial charge in [0.05, 0.1) is 6.61 Å². The Hall–Kier alpha value is -1.46. The first kappa shape index (κ1) is 13.6. The molecule has 0 aliphatic carbocycles. The molecule has 0 saturated heterocycles. The van der Waals surface area contributed by atoms with E-state index in [1.165, 1.54) is 6.07 Å². The zero-order chi connectivity index (χ0) is 12.5. The molecule has 0 heterocycles. The lowest BCUT2D eigenvalue weighted by Crippen LogP contribution is -2.09. The summed E-state index contributed by atoms with van der Waals surface area (Å²) in [6, 6.07) is 4.91. The van der Waals surface area contributed by atoms with Gasteiger partial charge in [0.2, 0.25) is 0 Å². The van der Waals surface area contributed by atoms with Crippen molar-refractivity contribution >= 4 is 5.69 Å². The van der Waals surface area contributed by atoms with Gasteiger partial charge in [0, 0.05) is 20.3 Å². The third-order valence-corrected chi connectivity index (χ3v) is 2.17. The Balaban J connectivity index is 2.16. The molecule has 1 rings (SSSR count). The van der Waals surface area contributed by atoms with Crippen LogP contribution in [0, 0.1) is 0 Å². The summed E-state index contributed by atoms with van der Waals surface area (Å²) in [5, 5.41) is 9.35. The molecule has 0 aliphatic heterocycles. The van der Waals surface area contributed by atoms with E-state index in [2.05, 4.69) is 0 Å². The lowest BCUT2D eigenvalue weighted by molar-refractivity contribution is 0.0808. The second-order valence-electron chi connectivity index (χ2n) is 3.50. The number of methoxy groups -OCH3 is 1. The minimum absolute atomic E-state index is 0.0310. The number of ether oxygens (including phenoxy) is 3. The largest absolute Gasteiger partial charge is 0.506 e. The first-order valence-electron chi connectivity index (χ1n) is 5.52. The minimum Gasteiger partial charge on any atom is -0.506 e. The summed E-state index contributed by atoms with van der Waals surface area (Å²) in [6.07, 6.45) is 0.866. The van der Waals surface area contributed by atoms with E-state index in [0.29, 0.717) is 32.2 Å². The Morgan fingerprint density at radius 2 is 2.00 bits per heavy atom. The molecule has 0 aliphatic rings. The van der Waals surface area contributed by atoms with Crippen LogP contribution >= 0.6 is 0 Å². The van der Waals surface area contributed by atoms with Crippen LogP contribution < -0.4 is 10.5 Å². The molecule has 96 valence electrons. The number of nitrogens with two attached hydrogens (primary N) is 1. The normalized spacial score (nSPS) is 10.4. The van der Waals surface area contributed by atoms with Crippen molar-refractivity contribution in [1.29, 1.82) is 0 Å². The zero-order valence-electron chi connectivity index (χ0n) is 10.0. The summed E-state index contributed by atoms with van der Waals surface area (Å²) in [5.41, 5.74) is 5.89. The number of phenolic OH excluding ortho intramolecular Hbond substituents is 1. The quantitative estimate of drug-likeness (QED) is 0.409. The van der Waals surface area contributed by atoms with Gasteiger partial charge in [-0.05, 0) is 18.6 Å². The van der Waals surface area contributed by atoms with Crippen LogP contribution in [0.3, 0.4) is 0 Å². The highest BCUT2D eigenvalue weighted by Crippen LogP contribution is 2.29. The molecule has 5 heteroatoms. The lowest BCUT2D eigenvalue weighted by Gasteiger charge is -2.09. The molecule has 3 N–H and O–H groups in total. The number of para-hydroxylation sites is 1. The van der Waals surface area contributed by atoms with Crippen molar-refractivity contribution in [2.75, 3.05) is 39.3 Å². The van der Waals surface area contributed by atoms with Gasteiger partial charge < -0.3 is 25.1 Å². The van der Waals surface area contributed by atoms with E-state index < -0.39 is 0 Å². The van der Waals surface area contributed by atoms with E-state index >= 15 is 0 Å². The van der Waals surface area contributed by atoms with E-state index in [4.69, 9.17) is 19.9 Å². The first-order chi connectivity index (χ1) is 8.25. The molecule has 0 bridgehead atoms. The molecular formula is C12H19NO4. The maximum atomic E-state index is 9.35. The molecule has 0 radical (unpaired) electrons. The highest BCUT2D eigenvalue weighted by Gasteiger charge is 2.03. The smallest absolute Gasteiger partial charge is 0.146 e. The summed E-state index contributed by atoms with van der Waals surface area (Å²) in [5.74, 6) is 0.508. The van der Waals surface area contributed by atoms with Crippen LogP contribution in [0.25, 0.3) is 0 Å². The Kier molecular flexibility index (Phi) is 6.21. The number of aromatic hydroxyl groups is 1. The Labute approximate surface area is 101 Å². The topological polar surface area (TPSA) is 73.9 Å². The molecule has 1 aromatic carbocycles. The standard InChI is InChI=1S/C12H19NO4/c1-15-6-3-7-16-8-9-17-11-5-2-4-10(14)12(11)13/h2,4-5,14H,3,6-9,13H2,1H3. The van der Waals surface area contributed by atoms with Crippen molar-refractivity contribution in [1.82, 2.24) is 0 Å². The number of benzene rings is 1. The van der Waals surface area contributed by atoms with Gasteiger partial charge in [-0.25, -0.2) is 0 Å². The van der Waals surface area contributed by atoms with Crippen molar-refractivity contribution in [3.8, 4) is 11.5 Å². The van der Waals surface area contributed by atoms with Crippen LogP contribution in [-0.2, 0) is 9.47 Å². The highest BCUT2D eigenvalue weighted by molar-refractivity contribution is 5.61. The minimum atomic E-state index is 0.0310. The van der Waals surface area contributed by atoms with Crippen LogP contribution in [0.1, 0.15) is 6.42 Å². The second-order valence-corrected chi connectivity index (χ2v) is 3.50. The third kappa shape index (κ3) is 4.93. The molecule has 0 atom stereocenters. The second kappa shape index (κ2) is 7.76. The molecule has 0 amide bonds. The van der Waals surface area contributed by atoms with Crippen molar-refractivity contribution in [2.45, 2.75) is 6.42 Å². The zero-order valence-corrected chi connectivity index (χ0v) is 10.0. The van der Waals surface area contributed by atoms with Gasteiger partial charge in [-0.3, -0.25) is 0 Å². The van der Waals surface area contributed by atoms with Gasteiger partial charge in [-0.15, -0.1) is 0 Å². The maximum absolute atomic E-state index is 9.35. The van der Waals surface area contributed by atoms with Crippen LogP contribution in [0.15, 0.2) is 18.2 Å². The van der Waals surface area contributed by atoms with E-state index in [-0.39, 0.29) is 11.4 Å². The van der Waals surface area contributed by atoms with Crippen LogP contribution in [0.4, 0.5) is 5.69 Å². The van der Waals surface area contributed by atoms with Crippen molar-refractivity contribution in [3.63, 3.8) is 0 Å². The van der Waals surface area contributed by atoms with Crippen LogP contribution in [-0.4, -0.2) is 38.6 Å². The number of phenols is 1. The number of anilines is 1. The Morgan fingerprint density at radius 3 is 2.76 bits per heavy atom. The van der Waals surface area contributed by atoms with Crippen LogP contribution in [0.2, 0.25) is 0 Å². The summed E-state index contributed by atoms with van der Waals surface area (Å²) in [6.45, 7) is 2.23. The highest BCUT2D eigenvalue weighted by atomic mass is 16.5. The average molecular weight is 241 g/mol. The Morgan fingerprint density at radius 1 is 1.18 bits per heavy atom. The van der Waals surface area contributed by atoms with Gasteiger partial charge in [-0.2, -0.15) is 0 Å². The third-order valence-electron chi connectivity index (χ3n) is 2.17. The van der Waals surface area contributed by atoms with Gasteiger partial charge in [-0.1, -0.05) is 6.07 Å². The number of nitrogen functional groups attached to an aromatic ring is 1. The number of hydrogen-bond donors (Lipinski definition) is 2. The molecule has 0 fully saturated rings. The van der Waals surface area contributed by atoms with Gasteiger partial charge in [0.25, 0.3) is 0 Å². The van der Waals surface area contributed by atoms with Crippen molar-refractivity contribution in [2.24, 2.45) is 0 Å². The summed E-state index contributed by atoms with van der Waals surface area (Å²) in [4.78, 5) is 0. The SMILES string of the molecule is COCCCOCCOc1cccc(O)c1N. The van der Waals surface area contributed by atoms with Crippen molar-refractivity contribution in [3.05, 3.63) is 18.2 Å². The van der Waals surface area contributed by atoms with E-state index in [0.717, 1.165) is 6.42 Å². The van der Waals surface area contributed by atoms with E-state index in [1.807, 2.05) is 0 Å². The first-order valence-corrected chi connectivity index (χ1v) is 5.52. The fourth-order valence-electron chi connectivity index (χ4n) is 1.28. The average Bonchev–Trinajstić information content (AvgIpc) is 2.33. The number of hydrogen-bond acceptors (Lipinski definition) is 5. The fraction of sp³-hybridized carbons (Fsp3) is 0.500. The van der Waals surface area contributed by atoms with Gasteiger partial charge in [0.1, 0.15) is 23.8 Å². The molecule has 0 unspecified atom stereocenters. The van der Waals surface area contributed by atoms with E-state index in [9.17, 15) is 5.11 Å². The van der Waals surface area contributed by atoms with Crippen LogP contribution in [0.5, 0.6) is 11.5 Å².